The molecule has 6 nitrogen and oxygen atoms in total. The van der Waals surface area contributed by atoms with Gasteiger partial charge in [-0.25, -0.2) is 4.99 Å². The maximum absolute atomic E-state index is 13.0. The largest absolute Gasteiger partial charge is 0.494 e. The third kappa shape index (κ3) is 5.28. The fourth-order valence-electron chi connectivity index (χ4n) is 4.32. The van der Waals surface area contributed by atoms with Crippen molar-refractivity contribution in [2.24, 2.45) is 4.99 Å². The van der Waals surface area contributed by atoms with Crippen molar-refractivity contribution in [1.29, 1.82) is 0 Å². The third-order valence-electron chi connectivity index (χ3n) is 6.01. The highest BCUT2D eigenvalue weighted by Gasteiger charge is 2.21. The van der Waals surface area contributed by atoms with E-state index in [4.69, 9.17) is 4.99 Å². The molecule has 0 aliphatic heterocycles. The van der Waals surface area contributed by atoms with Crippen molar-refractivity contribution in [2.45, 2.75) is 20.4 Å². The SMILES string of the molecule is CCN(CC)C(=O)c1ccc2[nH]c(O)c(C(=Nc3cccc(CN(C)C)c3)c3ccccc3)c2c1. The van der Waals surface area contributed by atoms with Crippen LogP contribution < -0.4 is 0 Å². The molecule has 1 aromatic heterocycles. The second-order valence-electron chi connectivity index (χ2n) is 8.82. The standard InChI is InChI=1S/C29H32N4O2/c1-5-33(6-2)29(35)22-15-16-25-24(18-22)26(28(34)31-25)27(21-12-8-7-9-13-21)30-23-14-10-11-20(17-23)19-32(3)4/h7-18,31,34H,5-6,19H2,1-4H3. The number of aromatic nitrogens is 1. The van der Waals surface area contributed by atoms with E-state index in [1.54, 1.807) is 11.0 Å². The average Bonchev–Trinajstić information content (AvgIpc) is 3.18. The zero-order valence-electron chi connectivity index (χ0n) is 20.7. The maximum atomic E-state index is 13.0. The number of nitrogens with one attached hydrogen (secondary N) is 1. The number of rotatable bonds is 8. The third-order valence-corrected chi connectivity index (χ3v) is 6.01. The van der Waals surface area contributed by atoms with Crippen molar-refractivity contribution >= 4 is 28.2 Å². The van der Waals surface area contributed by atoms with Crippen molar-refractivity contribution in [2.75, 3.05) is 27.2 Å². The van der Waals surface area contributed by atoms with Gasteiger partial charge in [0, 0.05) is 41.7 Å². The Labute approximate surface area is 206 Å². The van der Waals surface area contributed by atoms with Gasteiger partial charge in [-0.3, -0.25) is 4.79 Å². The molecular formula is C29H32N4O2. The summed E-state index contributed by atoms with van der Waals surface area (Å²) in [5.74, 6) is -0.00221. The highest BCUT2D eigenvalue weighted by Crippen LogP contribution is 2.32. The molecule has 0 radical (unpaired) electrons. The van der Waals surface area contributed by atoms with Crippen LogP contribution in [-0.2, 0) is 6.54 Å². The van der Waals surface area contributed by atoms with Gasteiger partial charge in [0.15, 0.2) is 5.88 Å². The lowest BCUT2D eigenvalue weighted by Crippen LogP contribution is -2.30. The monoisotopic (exact) mass is 468 g/mol. The molecule has 0 bridgehead atoms. The van der Waals surface area contributed by atoms with E-state index in [0.29, 0.717) is 29.9 Å². The van der Waals surface area contributed by atoms with Crippen molar-refractivity contribution < 1.29 is 9.90 Å². The van der Waals surface area contributed by atoms with Crippen LogP contribution in [0.3, 0.4) is 0 Å². The van der Waals surface area contributed by atoms with Crippen LogP contribution in [0.15, 0.2) is 77.8 Å². The fraction of sp³-hybridized carbons (Fsp3) is 0.241. The summed E-state index contributed by atoms with van der Waals surface area (Å²) >= 11 is 0. The Hall–Kier alpha value is -3.90. The Bertz CT molecular complexity index is 1350. The minimum atomic E-state index is -0.0295. The van der Waals surface area contributed by atoms with E-state index in [1.807, 2.05) is 82.5 Å². The molecule has 1 heterocycles. The Morgan fingerprint density at radius 2 is 1.66 bits per heavy atom. The molecule has 1 amide bonds. The molecule has 4 rings (SSSR count). The van der Waals surface area contributed by atoms with Crippen LogP contribution in [0, 0.1) is 0 Å². The van der Waals surface area contributed by atoms with Crippen molar-refractivity contribution in [3.05, 3.63) is 95.1 Å². The molecule has 6 heteroatoms. The number of aromatic amines is 1. The molecule has 0 aliphatic carbocycles. The summed E-state index contributed by atoms with van der Waals surface area (Å²) in [5.41, 5.74) is 5.39. The van der Waals surface area contributed by atoms with Gasteiger partial charge < -0.3 is 19.9 Å². The number of amides is 1. The van der Waals surface area contributed by atoms with E-state index in [0.717, 1.165) is 34.3 Å². The first kappa shape index (κ1) is 24.2. The van der Waals surface area contributed by atoms with Crippen LogP contribution in [0.2, 0.25) is 0 Å². The van der Waals surface area contributed by atoms with Gasteiger partial charge in [0.1, 0.15) is 0 Å². The Kier molecular flexibility index (Phi) is 7.32. The second-order valence-corrected chi connectivity index (χ2v) is 8.82. The quantitative estimate of drug-likeness (QED) is 0.331. The van der Waals surface area contributed by atoms with Crippen LogP contribution in [0.25, 0.3) is 10.9 Å². The molecule has 0 spiro atoms. The smallest absolute Gasteiger partial charge is 0.253 e. The summed E-state index contributed by atoms with van der Waals surface area (Å²) in [5, 5.41) is 11.8. The van der Waals surface area contributed by atoms with Gasteiger partial charge in [0.05, 0.1) is 17.0 Å². The van der Waals surface area contributed by atoms with Gasteiger partial charge in [-0.2, -0.15) is 0 Å². The summed E-state index contributed by atoms with van der Waals surface area (Å²) in [6, 6.07) is 23.4. The van der Waals surface area contributed by atoms with E-state index in [-0.39, 0.29) is 11.8 Å². The van der Waals surface area contributed by atoms with Crippen molar-refractivity contribution in [3.63, 3.8) is 0 Å². The molecule has 3 aromatic carbocycles. The van der Waals surface area contributed by atoms with Crippen LogP contribution >= 0.6 is 0 Å². The van der Waals surface area contributed by atoms with Crippen molar-refractivity contribution in [1.82, 2.24) is 14.8 Å². The van der Waals surface area contributed by atoms with Crippen LogP contribution in [0.4, 0.5) is 5.69 Å². The van der Waals surface area contributed by atoms with Crippen molar-refractivity contribution in [3.8, 4) is 5.88 Å². The molecule has 4 aromatic rings. The number of hydrogen-bond acceptors (Lipinski definition) is 4. The van der Waals surface area contributed by atoms with Gasteiger partial charge in [0.2, 0.25) is 0 Å². The van der Waals surface area contributed by atoms with Gasteiger partial charge in [-0.15, -0.1) is 0 Å². The van der Waals surface area contributed by atoms with Gasteiger partial charge in [-0.1, -0.05) is 42.5 Å². The lowest BCUT2D eigenvalue weighted by molar-refractivity contribution is 0.0773. The van der Waals surface area contributed by atoms with E-state index in [9.17, 15) is 9.90 Å². The summed E-state index contributed by atoms with van der Waals surface area (Å²) in [6.45, 7) is 6.02. The minimum absolute atomic E-state index is 0.0273. The molecule has 2 N–H and O–H groups in total. The number of benzene rings is 3. The van der Waals surface area contributed by atoms with Crippen LogP contribution in [0.5, 0.6) is 5.88 Å². The van der Waals surface area contributed by atoms with E-state index < -0.39 is 0 Å². The summed E-state index contributed by atoms with van der Waals surface area (Å²) in [6.07, 6.45) is 0. The zero-order chi connectivity index (χ0) is 24.9. The van der Waals surface area contributed by atoms with Crippen LogP contribution in [0.1, 0.15) is 40.9 Å². The predicted molar refractivity (Wildman–Crippen MR) is 143 cm³/mol. The van der Waals surface area contributed by atoms with E-state index in [1.165, 1.54) is 0 Å². The molecule has 0 saturated carbocycles. The zero-order valence-corrected chi connectivity index (χ0v) is 20.7. The number of carbonyl (C=O) groups excluding carboxylic acids is 1. The lowest BCUT2D eigenvalue weighted by Gasteiger charge is -2.18. The summed E-state index contributed by atoms with van der Waals surface area (Å²) in [4.78, 5) is 25.0. The molecule has 0 unspecified atom stereocenters. The summed E-state index contributed by atoms with van der Waals surface area (Å²) in [7, 11) is 4.07. The van der Waals surface area contributed by atoms with Gasteiger partial charge >= 0.3 is 0 Å². The molecule has 0 atom stereocenters. The highest BCUT2D eigenvalue weighted by molar-refractivity contribution is 6.22. The predicted octanol–water partition coefficient (Wildman–Crippen LogP) is 5.59. The Morgan fingerprint density at radius 1 is 0.914 bits per heavy atom. The van der Waals surface area contributed by atoms with Gasteiger partial charge in [-0.05, 0) is 63.8 Å². The molecular weight excluding hydrogens is 436 g/mol. The molecule has 0 saturated heterocycles. The number of aliphatic imine (C=N–C) groups is 1. The fourth-order valence-corrected chi connectivity index (χ4v) is 4.32. The number of fused-ring (bicyclic) bond motifs is 1. The number of aromatic hydroxyl groups is 1. The minimum Gasteiger partial charge on any atom is -0.494 e. The average molecular weight is 469 g/mol. The summed E-state index contributed by atoms with van der Waals surface area (Å²) < 4.78 is 0. The Balaban J connectivity index is 1.90. The van der Waals surface area contributed by atoms with Gasteiger partial charge in [0.25, 0.3) is 5.91 Å². The molecule has 180 valence electrons. The molecule has 35 heavy (non-hydrogen) atoms. The number of nitrogens with zero attached hydrogens (tertiary/aromatic N) is 3. The number of H-pyrrole nitrogens is 1. The second kappa shape index (κ2) is 10.6. The topological polar surface area (TPSA) is 71.9 Å². The van der Waals surface area contributed by atoms with E-state index >= 15 is 0 Å². The molecule has 0 fully saturated rings. The normalized spacial score (nSPS) is 11.9. The Morgan fingerprint density at radius 3 is 2.34 bits per heavy atom. The lowest BCUT2D eigenvalue weighted by atomic mass is 9.99. The first-order valence-corrected chi connectivity index (χ1v) is 11.9. The maximum Gasteiger partial charge on any atom is 0.253 e. The first-order chi connectivity index (χ1) is 16.9. The first-order valence-electron chi connectivity index (χ1n) is 11.9. The van der Waals surface area contributed by atoms with E-state index in [2.05, 4.69) is 22.0 Å². The molecule has 0 aliphatic rings. The number of hydrogen-bond donors (Lipinski definition) is 2. The van der Waals surface area contributed by atoms with Crippen LogP contribution in [-0.4, -0.2) is 58.7 Å². The number of carbonyl (C=O) groups is 1. The highest BCUT2D eigenvalue weighted by atomic mass is 16.3.